The molecule has 0 spiro atoms. The molecule has 0 amide bonds. The first-order valence-electron chi connectivity index (χ1n) is 11.6. The third-order valence-electron chi connectivity index (χ3n) is 6.32. The summed E-state index contributed by atoms with van der Waals surface area (Å²) in [6, 6.07) is 5.27. The van der Waals surface area contributed by atoms with E-state index in [1.54, 1.807) is 12.4 Å². The fourth-order valence-electron chi connectivity index (χ4n) is 4.16. The van der Waals surface area contributed by atoms with Crippen molar-refractivity contribution < 1.29 is 13.2 Å². The number of rotatable bonds is 7. The minimum Gasteiger partial charge on any atom is -0.353 e. The number of nitrogens with zero attached hydrogens (tertiary/aromatic N) is 7. The Labute approximate surface area is 200 Å². The van der Waals surface area contributed by atoms with Gasteiger partial charge in [0.15, 0.2) is 17.0 Å². The van der Waals surface area contributed by atoms with Gasteiger partial charge < -0.3 is 20.1 Å². The molecule has 2 N–H and O–H groups in total. The molecule has 1 aliphatic heterocycles. The summed E-state index contributed by atoms with van der Waals surface area (Å²) < 4.78 is 42.1. The predicted octanol–water partition coefficient (Wildman–Crippen LogP) is 3.45. The zero-order valence-electron chi connectivity index (χ0n) is 19.3. The number of fused-ring (bicyclic) bond motifs is 1. The number of nitriles is 1. The molecule has 9 nitrogen and oxygen atoms in total. The topological polar surface area (TPSA) is 97.9 Å². The molecule has 0 bridgehead atoms. The van der Waals surface area contributed by atoms with Gasteiger partial charge in [0, 0.05) is 51.0 Å². The maximum atomic E-state index is 13.4. The number of aromatic nitrogens is 4. The Balaban J connectivity index is 1.42. The molecule has 3 heterocycles. The third-order valence-corrected chi connectivity index (χ3v) is 6.32. The molecule has 2 aromatic heterocycles. The van der Waals surface area contributed by atoms with Gasteiger partial charge in [0.1, 0.15) is 0 Å². The van der Waals surface area contributed by atoms with Crippen molar-refractivity contribution in [2.75, 3.05) is 56.9 Å². The van der Waals surface area contributed by atoms with E-state index in [1.807, 2.05) is 4.57 Å². The second-order valence-electron chi connectivity index (χ2n) is 9.06. The van der Waals surface area contributed by atoms with Crippen molar-refractivity contribution in [2.45, 2.75) is 25.1 Å². The quantitative estimate of drug-likeness (QED) is 0.525. The number of likely N-dealkylation sites (N-methyl/N-ethyl adjacent to an activating group) is 1. The first-order chi connectivity index (χ1) is 16.8. The average molecular weight is 486 g/mol. The Hall–Kier alpha value is -3.43. The van der Waals surface area contributed by atoms with E-state index in [1.165, 1.54) is 6.07 Å². The number of halogens is 3. The molecule has 1 saturated heterocycles. The van der Waals surface area contributed by atoms with E-state index < -0.39 is 11.7 Å². The van der Waals surface area contributed by atoms with E-state index in [-0.39, 0.29) is 11.3 Å². The van der Waals surface area contributed by atoms with Crippen LogP contribution in [0.2, 0.25) is 0 Å². The highest BCUT2D eigenvalue weighted by Gasteiger charge is 2.32. The van der Waals surface area contributed by atoms with Crippen LogP contribution in [-0.2, 0) is 6.18 Å². The van der Waals surface area contributed by atoms with E-state index in [0.717, 1.165) is 57.7 Å². The van der Waals surface area contributed by atoms with E-state index in [9.17, 15) is 18.4 Å². The minimum absolute atomic E-state index is 0.0957. The average Bonchev–Trinajstić information content (AvgIpc) is 3.58. The smallest absolute Gasteiger partial charge is 0.353 e. The molecule has 3 aromatic rings. The van der Waals surface area contributed by atoms with E-state index >= 15 is 0 Å². The summed E-state index contributed by atoms with van der Waals surface area (Å²) in [6.07, 6.45) is -0.816. The van der Waals surface area contributed by atoms with Crippen molar-refractivity contribution in [1.82, 2.24) is 29.3 Å². The molecule has 35 heavy (non-hydrogen) atoms. The molecule has 0 radical (unpaired) electrons. The minimum atomic E-state index is -4.58. The van der Waals surface area contributed by atoms with Gasteiger partial charge in [0.2, 0.25) is 5.95 Å². The van der Waals surface area contributed by atoms with Gasteiger partial charge in [-0.1, -0.05) is 0 Å². The normalized spacial score (nSPS) is 17.5. The van der Waals surface area contributed by atoms with Crippen LogP contribution in [0.5, 0.6) is 0 Å². The van der Waals surface area contributed by atoms with E-state index in [0.29, 0.717) is 35.5 Å². The predicted molar refractivity (Wildman–Crippen MR) is 125 cm³/mol. The van der Waals surface area contributed by atoms with Crippen LogP contribution in [0, 0.1) is 11.3 Å². The van der Waals surface area contributed by atoms with Gasteiger partial charge in [-0.25, -0.2) is 4.98 Å². The summed E-state index contributed by atoms with van der Waals surface area (Å²) in [5.41, 5.74) is 0.206. The fraction of sp³-hybridized carbons (Fsp3) is 0.478. The van der Waals surface area contributed by atoms with Crippen LogP contribution in [0.4, 0.5) is 30.6 Å². The van der Waals surface area contributed by atoms with Crippen LogP contribution in [-0.4, -0.2) is 75.6 Å². The van der Waals surface area contributed by atoms with Crippen molar-refractivity contribution in [3.63, 3.8) is 0 Å². The highest BCUT2D eigenvalue weighted by atomic mass is 19.4. The summed E-state index contributed by atoms with van der Waals surface area (Å²) in [7, 11) is 2.11. The van der Waals surface area contributed by atoms with Gasteiger partial charge in [0.05, 0.1) is 23.5 Å². The number of alkyl halides is 3. The number of anilines is 3. The Morgan fingerprint density at radius 1 is 1.11 bits per heavy atom. The van der Waals surface area contributed by atoms with Gasteiger partial charge in [-0.05, 0) is 38.1 Å². The lowest BCUT2D eigenvalue weighted by atomic mass is 10.1. The number of imidazole rings is 1. The number of nitrogens with one attached hydrogen (secondary N) is 2. The van der Waals surface area contributed by atoms with Gasteiger partial charge in [-0.3, -0.25) is 4.90 Å². The van der Waals surface area contributed by atoms with Crippen molar-refractivity contribution in [1.29, 1.82) is 5.26 Å². The lowest BCUT2D eigenvalue weighted by Gasteiger charge is -2.32. The Morgan fingerprint density at radius 2 is 1.89 bits per heavy atom. The molecule has 1 saturated carbocycles. The largest absolute Gasteiger partial charge is 0.416 e. The Kier molecular flexibility index (Phi) is 6.21. The summed E-state index contributed by atoms with van der Waals surface area (Å²) in [4.78, 5) is 18.3. The number of hydrogen-bond acceptors (Lipinski definition) is 8. The summed E-state index contributed by atoms with van der Waals surface area (Å²) in [6.45, 7) is 5.51. The second kappa shape index (κ2) is 9.31. The molecule has 12 heteroatoms. The molecule has 5 rings (SSSR count). The van der Waals surface area contributed by atoms with Crippen LogP contribution in [0.3, 0.4) is 0 Å². The van der Waals surface area contributed by atoms with Gasteiger partial charge in [0.25, 0.3) is 0 Å². The van der Waals surface area contributed by atoms with Crippen LogP contribution >= 0.6 is 0 Å². The fourth-order valence-corrected chi connectivity index (χ4v) is 4.16. The Morgan fingerprint density at radius 3 is 2.57 bits per heavy atom. The van der Waals surface area contributed by atoms with Crippen molar-refractivity contribution in [2.24, 2.45) is 0 Å². The number of hydrogen-bond donors (Lipinski definition) is 2. The standard InChI is InChI=1S/C23H26F3N9/c1-33-6-8-34(9-7-33)5-4-28-22-31-20(19-21(32-22)35(14-29-19)18-2-3-18)30-17-11-15(13-27)10-16(12-17)23(24,25)26/h10-12,14,18H,2-9H2,1H3,(H2,28,30,31,32). The van der Waals surface area contributed by atoms with Crippen molar-refractivity contribution in [3.8, 4) is 6.07 Å². The highest BCUT2D eigenvalue weighted by molar-refractivity contribution is 5.87. The second-order valence-corrected chi connectivity index (χ2v) is 9.06. The molecular formula is C23H26F3N9. The molecule has 2 aliphatic rings. The van der Waals surface area contributed by atoms with Crippen LogP contribution in [0.1, 0.15) is 30.0 Å². The number of piperazine rings is 1. The number of benzene rings is 1. The highest BCUT2D eigenvalue weighted by Crippen LogP contribution is 2.38. The summed E-state index contributed by atoms with van der Waals surface area (Å²) >= 11 is 0. The van der Waals surface area contributed by atoms with Gasteiger partial charge in [-0.2, -0.15) is 28.4 Å². The van der Waals surface area contributed by atoms with Crippen LogP contribution in [0.15, 0.2) is 24.5 Å². The molecular weight excluding hydrogens is 459 g/mol. The molecule has 0 unspecified atom stereocenters. The molecule has 0 atom stereocenters. The first-order valence-corrected chi connectivity index (χ1v) is 11.6. The van der Waals surface area contributed by atoms with Crippen LogP contribution < -0.4 is 10.6 Å². The van der Waals surface area contributed by atoms with Crippen LogP contribution in [0.25, 0.3) is 11.2 Å². The molecule has 1 aliphatic carbocycles. The van der Waals surface area contributed by atoms with E-state index in [4.69, 9.17) is 0 Å². The maximum Gasteiger partial charge on any atom is 0.416 e. The lowest BCUT2D eigenvalue weighted by Crippen LogP contribution is -2.45. The van der Waals surface area contributed by atoms with Gasteiger partial charge >= 0.3 is 6.18 Å². The molecule has 1 aromatic carbocycles. The Bertz CT molecular complexity index is 1250. The first kappa shape index (κ1) is 23.3. The SMILES string of the molecule is CN1CCN(CCNc2nc(Nc3cc(C#N)cc(C(F)(F)F)c3)c3ncn(C4CC4)c3n2)CC1. The zero-order valence-corrected chi connectivity index (χ0v) is 19.3. The molecule has 2 fully saturated rings. The maximum absolute atomic E-state index is 13.4. The van der Waals surface area contributed by atoms with Crippen molar-refractivity contribution >= 4 is 28.6 Å². The lowest BCUT2D eigenvalue weighted by molar-refractivity contribution is -0.137. The third kappa shape index (κ3) is 5.31. The molecule has 184 valence electrons. The van der Waals surface area contributed by atoms with Crippen molar-refractivity contribution in [3.05, 3.63) is 35.7 Å². The van der Waals surface area contributed by atoms with E-state index in [2.05, 4.69) is 42.4 Å². The van der Waals surface area contributed by atoms with Gasteiger partial charge in [-0.15, -0.1) is 0 Å². The monoisotopic (exact) mass is 485 g/mol. The summed E-state index contributed by atoms with van der Waals surface area (Å²) in [5, 5.41) is 15.4. The summed E-state index contributed by atoms with van der Waals surface area (Å²) in [5.74, 6) is 0.670. The zero-order chi connectivity index (χ0) is 24.6.